The monoisotopic (exact) mass is 172 g/mol. The molecule has 0 aliphatic rings. The summed E-state index contributed by atoms with van der Waals surface area (Å²) in [6.45, 7) is 2.02. The van der Waals surface area contributed by atoms with Gasteiger partial charge in [-0.3, -0.25) is 0 Å². The van der Waals surface area contributed by atoms with E-state index in [-0.39, 0.29) is 5.01 Å². The van der Waals surface area contributed by atoms with Crippen LogP contribution in [0.5, 0.6) is 0 Å². The van der Waals surface area contributed by atoms with Crippen molar-refractivity contribution in [1.29, 1.82) is 0 Å². The Morgan fingerprint density at radius 1 is 1.64 bits per heavy atom. The van der Waals surface area contributed by atoms with Gasteiger partial charge in [0, 0.05) is 6.42 Å². The molecule has 0 saturated carbocycles. The largest absolute Gasteiger partial charge is 0.476 e. The Morgan fingerprint density at radius 2 is 2.36 bits per heavy atom. The van der Waals surface area contributed by atoms with Gasteiger partial charge < -0.3 is 5.11 Å². The van der Waals surface area contributed by atoms with Gasteiger partial charge in [-0.15, -0.1) is 10.2 Å². The van der Waals surface area contributed by atoms with Gasteiger partial charge in [0.1, 0.15) is 5.01 Å². The van der Waals surface area contributed by atoms with E-state index in [9.17, 15) is 4.79 Å². The Bertz CT molecular complexity index is 259. The first kappa shape index (κ1) is 8.13. The molecule has 1 aromatic rings. The van der Waals surface area contributed by atoms with E-state index in [1.807, 2.05) is 6.92 Å². The summed E-state index contributed by atoms with van der Waals surface area (Å²) < 4.78 is 0. The Morgan fingerprint density at radius 3 is 2.82 bits per heavy atom. The maximum Gasteiger partial charge on any atom is 0.367 e. The van der Waals surface area contributed by atoms with E-state index in [1.165, 1.54) is 0 Å². The highest BCUT2D eigenvalue weighted by Gasteiger charge is 2.09. The van der Waals surface area contributed by atoms with Gasteiger partial charge in [0.05, 0.1) is 0 Å². The van der Waals surface area contributed by atoms with Crippen molar-refractivity contribution in [3.63, 3.8) is 0 Å². The highest BCUT2D eigenvalue weighted by Crippen LogP contribution is 2.10. The van der Waals surface area contributed by atoms with Crippen LogP contribution in [0, 0.1) is 0 Å². The molecular weight excluding hydrogens is 164 g/mol. The third-order valence-electron chi connectivity index (χ3n) is 1.11. The molecule has 11 heavy (non-hydrogen) atoms. The van der Waals surface area contributed by atoms with Crippen LogP contribution in [0.4, 0.5) is 0 Å². The molecule has 0 bridgehead atoms. The third-order valence-corrected chi connectivity index (χ3v) is 2.08. The van der Waals surface area contributed by atoms with Crippen LogP contribution in [-0.4, -0.2) is 21.3 Å². The summed E-state index contributed by atoms with van der Waals surface area (Å²) in [5.41, 5.74) is 0. The first-order chi connectivity index (χ1) is 5.24. The van der Waals surface area contributed by atoms with Crippen molar-refractivity contribution in [3.8, 4) is 0 Å². The Kier molecular flexibility index (Phi) is 2.53. The van der Waals surface area contributed by atoms with Crippen LogP contribution in [0.15, 0.2) is 0 Å². The van der Waals surface area contributed by atoms with Gasteiger partial charge in [-0.2, -0.15) is 0 Å². The summed E-state index contributed by atoms with van der Waals surface area (Å²) in [4.78, 5) is 10.3. The van der Waals surface area contributed by atoms with Crippen LogP contribution in [0.1, 0.15) is 28.2 Å². The van der Waals surface area contributed by atoms with Crippen molar-refractivity contribution in [2.75, 3.05) is 0 Å². The van der Waals surface area contributed by atoms with E-state index in [2.05, 4.69) is 10.2 Å². The molecule has 1 rings (SSSR count). The number of hydrogen-bond donors (Lipinski definition) is 1. The standard InChI is InChI=1S/C6H8N2O2S/c1-2-3-4-7-8-5(11-4)6(9)10/h2-3H2,1H3,(H,9,10). The van der Waals surface area contributed by atoms with Gasteiger partial charge in [-0.05, 0) is 6.42 Å². The lowest BCUT2D eigenvalue weighted by Gasteiger charge is -1.83. The average Bonchev–Trinajstić information content (AvgIpc) is 2.37. The van der Waals surface area contributed by atoms with Gasteiger partial charge in [0.2, 0.25) is 5.01 Å². The number of aromatic carboxylic acids is 1. The molecule has 0 amide bonds. The highest BCUT2D eigenvalue weighted by atomic mass is 32.1. The predicted molar refractivity (Wildman–Crippen MR) is 40.9 cm³/mol. The van der Waals surface area contributed by atoms with Crippen molar-refractivity contribution in [2.45, 2.75) is 19.8 Å². The zero-order valence-corrected chi connectivity index (χ0v) is 6.89. The predicted octanol–water partition coefficient (Wildman–Crippen LogP) is 1.19. The van der Waals surface area contributed by atoms with Gasteiger partial charge in [-0.1, -0.05) is 18.3 Å². The minimum atomic E-state index is -0.996. The van der Waals surface area contributed by atoms with Crippen molar-refractivity contribution in [3.05, 3.63) is 10.0 Å². The minimum Gasteiger partial charge on any atom is -0.476 e. The number of nitrogens with zero attached hydrogens (tertiary/aromatic N) is 2. The molecule has 4 nitrogen and oxygen atoms in total. The number of carbonyl (C=O) groups is 1. The Hall–Kier alpha value is -0.970. The number of carboxylic acids is 1. The third kappa shape index (κ3) is 1.98. The second kappa shape index (κ2) is 3.43. The molecular formula is C6H8N2O2S. The molecule has 0 spiro atoms. The molecule has 0 atom stereocenters. The smallest absolute Gasteiger partial charge is 0.367 e. The number of aromatic nitrogens is 2. The molecule has 5 heteroatoms. The van der Waals surface area contributed by atoms with Crippen LogP contribution in [-0.2, 0) is 6.42 Å². The van der Waals surface area contributed by atoms with Crippen LogP contribution < -0.4 is 0 Å². The normalized spacial score (nSPS) is 9.91. The molecule has 0 aromatic carbocycles. The number of aryl methyl sites for hydroxylation is 1. The van der Waals surface area contributed by atoms with Gasteiger partial charge >= 0.3 is 5.97 Å². The van der Waals surface area contributed by atoms with Crippen molar-refractivity contribution in [2.24, 2.45) is 0 Å². The highest BCUT2D eigenvalue weighted by molar-refractivity contribution is 7.13. The van der Waals surface area contributed by atoms with Crippen molar-refractivity contribution >= 4 is 17.3 Å². The van der Waals surface area contributed by atoms with Crippen LogP contribution in [0.2, 0.25) is 0 Å². The maximum absolute atomic E-state index is 10.3. The van der Waals surface area contributed by atoms with Gasteiger partial charge in [-0.25, -0.2) is 4.79 Å². The molecule has 0 fully saturated rings. The van der Waals surface area contributed by atoms with E-state index in [0.29, 0.717) is 0 Å². The van der Waals surface area contributed by atoms with Crippen molar-refractivity contribution in [1.82, 2.24) is 10.2 Å². The SMILES string of the molecule is CCCc1nnc(C(=O)O)s1. The number of hydrogen-bond acceptors (Lipinski definition) is 4. The zero-order valence-electron chi connectivity index (χ0n) is 6.07. The maximum atomic E-state index is 10.3. The fourth-order valence-corrected chi connectivity index (χ4v) is 1.43. The minimum absolute atomic E-state index is 0.0773. The fraction of sp³-hybridized carbons (Fsp3) is 0.500. The summed E-state index contributed by atoms with van der Waals surface area (Å²) in [6.07, 6.45) is 1.78. The lowest BCUT2D eigenvalue weighted by atomic mass is 10.4. The Balaban J connectivity index is 2.73. The second-order valence-corrected chi connectivity index (χ2v) is 3.12. The molecule has 0 saturated heterocycles. The molecule has 1 N–H and O–H groups in total. The Labute approximate surface area is 67.9 Å². The summed E-state index contributed by atoms with van der Waals surface area (Å²) in [7, 11) is 0. The van der Waals surface area contributed by atoms with E-state index < -0.39 is 5.97 Å². The van der Waals surface area contributed by atoms with Crippen molar-refractivity contribution < 1.29 is 9.90 Å². The zero-order chi connectivity index (χ0) is 8.27. The number of carboxylic acid groups (broad SMARTS) is 1. The lowest BCUT2D eigenvalue weighted by Crippen LogP contribution is -1.93. The summed E-state index contributed by atoms with van der Waals surface area (Å²) >= 11 is 1.14. The second-order valence-electron chi connectivity index (χ2n) is 2.06. The molecule has 0 unspecified atom stereocenters. The molecule has 1 heterocycles. The fourth-order valence-electron chi connectivity index (χ4n) is 0.655. The first-order valence-corrected chi connectivity index (χ1v) is 4.11. The quantitative estimate of drug-likeness (QED) is 0.743. The molecule has 60 valence electrons. The van der Waals surface area contributed by atoms with E-state index in [4.69, 9.17) is 5.11 Å². The molecule has 0 aliphatic carbocycles. The average molecular weight is 172 g/mol. The topological polar surface area (TPSA) is 63.1 Å². The lowest BCUT2D eigenvalue weighted by molar-refractivity contribution is 0.0695. The van der Waals surface area contributed by atoms with E-state index in [1.54, 1.807) is 0 Å². The van der Waals surface area contributed by atoms with Crippen LogP contribution in [0.25, 0.3) is 0 Å². The van der Waals surface area contributed by atoms with Gasteiger partial charge in [0.25, 0.3) is 0 Å². The van der Waals surface area contributed by atoms with Crippen LogP contribution in [0.3, 0.4) is 0 Å². The van der Waals surface area contributed by atoms with E-state index in [0.717, 1.165) is 29.2 Å². The summed E-state index contributed by atoms with van der Waals surface area (Å²) in [6, 6.07) is 0. The molecule has 0 radical (unpaired) electrons. The summed E-state index contributed by atoms with van der Waals surface area (Å²) in [5, 5.41) is 16.6. The van der Waals surface area contributed by atoms with Gasteiger partial charge in [0.15, 0.2) is 0 Å². The molecule has 1 aromatic heterocycles. The first-order valence-electron chi connectivity index (χ1n) is 3.29. The summed E-state index contributed by atoms with van der Waals surface area (Å²) in [5.74, 6) is -0.996. The molecule has 0 aliphatic heterocycles. The van der Waals surface area contributed by atoms with E-state index >= 15 is 0 Å². The number of rotatable bonds is 3. The van der Waals surface area contributed by atoms with Crippen LogP contribution >= 0.6 is 11.3 Å².